The van der Waals surface area contributed by atoms with Crippen molar-refractivity contribution in [2.45, 2.75) is 77.6 Å². The quantitative estimate of drug-likeness (QED) is 0.470. The first kappa shape index (κ1) is 20.4. The Hall–Kier alpha value is -1.91. The number of hydrogen-bond donors (Lipinski definition) is 0. The lowest BCUT2D eigenvalue weighted by atomic mass is 9.49. The van der Waals surface area contributed by atoms with Gasteiger partial charge in [-0.05, 0) is 98.7 Å². The molecule has 1 aromatic rings. The van der Waals surface area contributed by atoms with Crippen molar-refractivity contribution in [3.63, 3.8) is 0 Å². The Morgan fingerprint density at radius 3 is 2.28 bits per heavy atom. The monoisotopic (exact) mass is 398 g/mol. The van der Waals surface area contributed by atoms with Crippen molar-refractivity contribution >= 4 is 11.9 Å². The fraction of sp³-hybridized carbons (Fsp3) is 0.708. The molecule has 0 aliphatic heterocycles. The van der Waals surface area contributed by atoms with E-state index in [1.54, 1.807) is 12.4 Å². The molecule has 4 aliphatic carbocycles. The van der Waals surface area contributed by atoms with Crippen LogP contribution in [0.5, 0.6) is 0 Å². The number of nitrogens with zero attached hydrogens (tertiary/aromatic N) is 2. The zero-order valence-electron chi connectivity index (χ0n) is 17.6. The van der Waals surface area contributed by atoms with E-state index in [-0.39, 0.29) is 17.3 Å². The lowest BCUT2D eigenvalue weighted by Crippen LogP contribution is -2.52. The van der Waals surface area contributed by atoms with Gasteiger partial charge in [0.2, 0.25) is 0 Å². The van der Waals surface area contributed by atoms with E-state index < -0.39 is 0 Å². The first-order valence-corrected chi connectivity index (χ1v) is 11.5. The molecule has 0 unspecified atom stereocenters. The van der Waals surface area contributed by atoms with Crippen LogP contribution in [0, 0.1) is 23.2 Å². The highest BCUT2D eigenvalue weighted by Gasteiger charge is 2.52. The Kier molecular flexibility index (Phi) is 6.21. The lowest BCUT2D eigenvalue weighted by molar-refractivity contribution is -0.211. The highest BCUT2D eigenvalue weighted by Crippen LogP contribution is 2.60. The first-order valence-electron chi connectivity index (χ1n) is 11.5. The van der Waals surface area contributed by atoms with Gasteiger partial charge in [-0.25, -0.2) is 4.79 Å². The van der Waals surface area contributed by atoms with Crippen LogP contribution in [0.1, 0.15) is 76.7 Å². The topological polar surface area (TPSA) is 59.5 Å². The molecule has 29 heavy (non-hydrogen) atoms. The minimum Gasteiger partial charge on any atom is -0.338 e. The van der Waals surface area contributed by atoms with E-state index in [1.807, 2.05) is 19.1 Å². The summed E-state index contributed by atoms with van der Waals surface area (Å²) in [6.07, 6.45) is 14.7. The Morgan fingerprint density at radius 1 is 1.07 bits per heavy atom. The summed E-state index contributed by atoms with van der Waals surface area (Å²) in [5.74, 6) is 2.13. The molecule has 1 aromatic heterocycles. The molecule has 1 heterocycles. The number of pyridine rings is 1. The molecule has 0 saturated heterocycles. The van der Waals surface area contributed by atoms with Gasteiger partial charge in [-0.2, -0.15) is 5.06 Å². The second-order valence-electron chi connectivity index (χ2n) is 9.73. The molecule has 0 atom stereocenters. The summed E-state index contributed by atoms with van der Waals surface area (Å²) in [6, 6.07) is 4.01. The summed E-state index contributed by atoms with van der Waals surface area (Å²) < 4.78 is 0. The lowest BCUT2D eigenvalue weighted by Gasteiger charge is -2.57. The third-order valence-corrected chi connectivity index (χ3v) is 7.28. The maximum Gasteiger partial charge on any atom is 0.332 e. The molecule has 0 spiro atoms. The molecule has 4 bridgehead atoms. The minimum atomic E-state index is -0.272. The van der Waals surface area contributed by atoms with E-state index in [0.29, 0.717) is 19.4 Å². The Labute approximate surface area is 174 Å². The number of hydroxylamine groups is 2. The average molecular weight is 399 g/mol. The van der Waals surface area contributed by atoms with Crippen LogP contribution in [0.25, 0.3) is 0 Å². The van der Waals surface area contributed by atoms with Crippen molar-refractivity contribution in [3.05, 3.63) is 30.1 Å². The summed E-state index contributed by atoms with van der Waals surface area (Å²) in [5, 5.41) is 1.43. The molecule has 4 fully saturated rings. The van der Waals surface area contributed by atoms with Crippen LogP contribution in [0.15, 0.2) is 24.5 Å². The van der Waals surface area contributed by atoms with E-state index in [4.69, 9.17) is 4.84 Å². The van der Waals surface area contributed by atoms with Crippen LogP contribution in [-0.2, 0) is 20.8 Å². The third-order valence-electron chi connectivity index (χ3n) is 7.28. The van der Waals surface area contributed by atoms with Gasteiger partial charge >= 0.3 is 5.97 Å². The van der Waals surface area contributed by atoms with Crippen LogP contribution in [0.2, 0.25) is 0 Å². The van der Waals surface area contributed by atoms with Gasteiger partial charge < -0.3 is 4.84 Å². The molecule has 1 amide bonds. The fourth-order valence-corrected chi connectivity index (χ4v) is 6.45. The van der Waals surface area contributed by atoms with E-state index in [9.17, 15) is 9.59 Å². The molecule has 4 aliphatic rings. The second-order valence-corrected chi connectivity index (χ2v) is 9.73. The summed E-state index contributed by atoms with van der Waals surface area (Å²) in [4.78, 5) is 34.6. The third kappa shape index (κ3) is 4.99. The van der Waals surface area contributed by atoms with Gasteiger partial charge in [-0.3, -0.25) is 9.78 Å². The van der Waals surface area contributed by atoms with Gasteiger partial charge in [0.25, 0.3) is 5.91 Å². The minimum absolute atomic E-state index is 0.0640. The SMILES string of the molecule is CCC(=O)N(CC12CC3CC(CC(C3)C1)C2)OC(=O)CCCCc1ccncc1. The number of amides is 1. The molecule has 158 valence electrons. The molecule has 0 radical (unpaired) electrons. The predicted molar refractivity (Wildman–Crippen MR) is 110 cm³/mol. The molecule has 5 rings (SSSR count). The molecule has 5 nitrogen and oxygen atoms in total. The molecule has 5 heteroatoms. The van der Waals surface area contributed by atoms with Crippen molar-refractivity contribution in [2.75, 3.05) is 6.54 Å². The van der Waals surface area contributed by atoms with Crippen LogP contribution in [-0.4, -0.2) is 28.5 Å². The van der Waals surface area contributed by atoms with Gasteiger partial charge in [-0.15, -0.1) is 0 Å². The van der Waals surface area contributed by atoms with Crippen LogP contribution < -0.4 is 0 Å². The second kappa shape index (κ2) is 8.85. The summed E-state index contributed by atoms with van der Waals surface area (Å²) in [5.41, 5.74) is 1.42. The maximum absolute atomic E-state index is 12.5. The van der Waals surface area contributed by atoms with Gasteiger partial charge in [0.1, 0.15) is 0 Å². The van der Waals surface area contributed by atoms with Crippen LogP contribution in [0.3, 0.4) is 0 Å². The van der Waals surface area contributed by atoms with E-state index in [2.05, 4.69) is 4.98 Å². The van der Waals surface area contributed by atoms with Gasteiger partial charge in [0.05, 0.1) is 6.54 Å². The highest BCUT2D eigenvalue weighted by molar-refractivity contribution is 5.77. The van der Waals surface area contributed by atoms with Crippen molar-refractivity contribution in [1.29, 1.82) is 0 Å². The number of aromatic nitrogens is 1. The number of rotatable bonds is 8. The largest absolute Gasteiger partial charge is 0.338 e. The average Bonchev–Trinajstić information content (AvgIpc) is 2.70. The maximum atomic E-state index is 12.5. The number of unbranched alkanes of at least 4 members (excludes halogenated alkanes) is 1. The number of hydrogen-bond acceptors (Lipinski definition) is 4. The Balaban J connectivity index is 1.28. The number of aryl methyl sites for hydroxylation is 1. The van der Waals surface area contributed by atoms with Gasteiger partial charge in [0.15, 0.2) is 0 Å². The van der Waals surface area contributed by atoms with Gasteiger partial charge in [0, 0.05) is 25.2 Å². The molecular weight excluding hydrogens is 364 g/mol. The van der Waals surface area contributed by atoms with E-state index >= 15 is 0 Å². The molecule has 4 saturated carbocycles. The number of carbonyl (C=O) groups is 2. The first-order chi connectivity index (χ1) is 14.0. The van der Waals surface area contributed by atoms with Crippen molar-refractivity contribution < 1.29 is 14.4 Å². The van der Waals surface area contributed by atoms with Crippen LogP contribution in [0.4, 0.5) is 0 Å². The summed E-state index contributed by atoms with van der Waals surface area (Å²) in [7, 11) is 0. The zero-order chi connectivity index (χ0) is 20.3. The smallest absolute Gasteiger partial charge is 0.332 e. The van der Waals surface area contributed by atoms with E-state index in [1.165, 1.54) is 49.2 Å². The number of carbonyl (C=O) groups excluding carboxylic acids is 2. The van der Waals surface area contributed by atoms with Crippen molar-refractivity contribution in [3.8, 4) is 0 Å². The van der Waals surface area contributed by atoms with E-state index in [0.717, 1.165) is 37.0 Å². The summed E-state index contributed by atoms with van der Waals surface area (Å²) in [6.45, 7) is 2.45. The predicted octanol–water partition coefficient (Wildman–Crippen LogP) is 4.71. The summed E-state index contributed by atoms with van der Waals surface area (Å²) >= 11 is 0. The molecular formula is C24H34N2O3. The van der Waals surface area contributed by atoms with Crippen LogP contribution >= 0.6 is 0 Å². The molecule has 0 N–H and O–H groups in total. The standard InChI is InChI=1S/C24H34N2O3/c1-2-22(27)26(17-24-14-19-11-20(15-24)13-21(12-19)16-24)29-23(28)6-4-3-5-18-7-9-25-10-8-18/h7-10,19-21H,2-6,11-17H2,1H3. The van der Waals surface area contributed by atoms with Crippen molar-refractivity contribution in [2.24, 2.45) is 23.2 Å². The highest BCUT2D eigenvalue weighted by atomic mass is 16.7. The Bertz CT molecular complexity index is 683. The zero-order valence-corrected chi connectivity index (χ0v) is 17.6. The van der Waals surface area contributed by atoms with Crippen molar-refractivity contribution in [1.82, 2.24) is 10.0 Å². The normalized spacial score (nSPS) is 29.6. The van der Waals surface area contributed by atoms with Gasteiger partial charge in [-0.1, -0.05) is 6.92 Å². The fourth-order valence-electron chi connectivity index (χ4n) is 6.45. The Morgan fingerprint density at radius 2 is 1.69 bits per heavy atom. The molecule has 0 aromatic carbocycles.